The van der Waals surface area contributed by atoms with Crippen molar-refractivity contribution in [1.29, 1.82) is 0 Å². The summed E-state index contributed by atoms with van der Waals surface area (Å²) in [4.78, 5) is 32.8. The van der Waals surface area contributed by atoms with Gasteiger partial charge in [-0.05, 0) is 18.1 Å². The molecule has 0 bridgehead atoms. The molecule has 0 aliphatic carbocycles. The van der Waals surface area contributed by atoms with Crippen molar-refractivity contribution in [2.75, 3.05) is 10.6 Å². The lowest BCUT2D eigenvalue weighted by Crippen LogP contribution is -2.16. The highest BCUT2D eigenvalue weighted by Gasteiger charge is 2.09. The molecule has 0 unspecified atom stereocenters. The summed E-state index contributed by atoms with van der Waals surface area (Å²) in [6.45, 7) is 3.95. The number of nitrogens with one attached hydrogen (secondary N) is 2. The highest BCUT2D eigenvalue weighted by atomic mass is 16.1. The van der Waals surface area contributed by atoms with E-state index in [1.165, 1.54) is 0 Å². The Balaban J connectivity index is 1.81. The SMILES string of the molecule is CC(C)CC(=O)Nc1ncc2cnc(Nc3ccncc3)nc2n1. The van der Waals surface area contributed by atoms with Crippen LogP contribution < -0.4 is 10.6 Å². The molecule has 0 aliphatic heterocycles. The summed E-state index contributed by atoms with van der Waals surface area (Å²) in [6.07, 6.45) is 6.98. The number of nitrogens with zero attached hydrogens (tertiary/aromatic N) is 5. The average Bonchev–Trinajstić information content (AvgIpc) is 2.54. The normalized spacial score (nSPS) is 10.8. The van der Waals surface area contributed by atoms with Gasteiger partial charge in [-0.15, -0.1) is 0 Å². The molecule has 3 aromatic heterocycles. The third-order valence-corrected chi connectivity index (χ3v) is 3.11. The van der Waals surface area contributed by atoms with Gasteiger partial charge in [0.2, 0.25) is 17.8 Å². The van der Waals surface area contributed by atoms with Crippen molar-refractivity contribution in [3.05, 3.63) is 36.9 Å². The van der Waals surface area contributed by atoms with Gasteiger partial charge in [-0.25, -0.2) is 9.97 Å². The van der Waals surface area contributed by atoms with Gasteiger partial charge in [-0.3, -0.25) is 15.1 Å². The van der Waals surface area contributed by atoms with Crippen molar-refractivity contribution in [2.45, 2.75) is 20.3 Å². The molecule has 24 heavy (non-hydrogen) atoms. The summed E-state index contributed by atoms with van der Waals surface area (Å²) in [5.41, 5.74) is 1.28. The summed E-state index contributed by atoms with van der Waals surface area (Å²) in [5.74, 6) is 0.797. The second-order valence-electron chi connectivity index (χ2n) is 5.67. The van der Waals surface area contributed by atoms with Crippen LogP contribution in [0.1, 0.15) is 20.3 Å². The second kappa shape index (κ2) is 6.95. The van der Waals surface area contributed by atoms with Gasteiger partial charge < -0.3 is 5.32 Å². The molecule has 3 heterocycles. The number of amides is 1. The fourth-order valence-electron chi connectivity index (χ4n) is 2.05. The molecule has 0 atom stereocenters. The first-order valence-corrected chi connectivity index (χ1v) is 7.57. The van der Waals surface area contributed by atoms with Gasteiger partial charge in [0.25, 0.3) is 0 Å². The van der Waals surface area contributed by atoms with Crippen LogP contribution in [0, 0.1) is 5.92 Å². The zero-order chi connectivity index (χ0) is 16.9. The van der Waals surface area contributed by atoms with E-state index in [1.807, 2.05) is 26.0 Å². The van der Waals surface area contributed by atoms with E-state index in [1.54, 1.807) is 24.8 Å². The first kappa shape index (κ1) is 15.7. The number of carbonyl (C=O) groups excluding carboxylic acids is 1. The molecule has 0 spiro atoms. The Kier molecular flexibility index (Phi) is 4.55. The summed E-state index contributed by atoms with van der Waals surface area (Å²) >= 11 is 0. The molecule has 1 amide bonds. The van der Waals surface area contributed by atoms with E-state index in [-0.39, 0.29) is 17.8 Å². The molecule has 0 aromatic carbocycles. The number of fused-ring (bicyclic) bond motifs is 1. The van der Waals surface area contributed by atoms with E-state index in [9.17, 15) is 4.79 Å². The van der Waals surface area contributed by atoms with Crippen LogP contribution in [0.25, 0.3) is 11.0 Å². The fraction of sp³-hybridized carbons (Fsp3) is 0.250. The first-order chi connectivity index (χ1) is 11.6. The zero-order valence-corrected chi connectivity index (χ0v) is 13.4. The van der Waals surface area contributed by atoms with Crippen LogP contribution in [-0.2, 0) is 4.79 Å². The van der Waals surface area contributed by atoms with Crippen LogP contribution in [0.15, 0.2) is 36.9 Å². The van der Waals surface area contributed by atoms with Crippen LogP contribution >= 0.6 is 0 Å². The lowest BCUT2D eigenvalue weighted by atomic mass is 10.1. The maximum Gasteiger partial charge on any atom is 0.231 e. The minimum Gasteiger partial charge on any atom is -0.324 e. The maximum atomic E-state index is 11.8. The molecule has 0 radical (unpaired) electrons. The van der Waals surface area contributed by atoms with Crippen molar-refractivity contribution >= 4 is 34.5 Å². The minimum absolute atomic E-state index is 0.117. The quantitative estimate of drug-likeness (QED) is 0.743. The lowest BCUT2D eigenvalue weighted by Gasteiger charge is -2.07. The fourth-order valence-corrected chi connectivity index (χ4v) is 2.05. The smallest absolute Gasteiger partial charge is 0.231 e. The molecule has 0 saturated carbocycles. The molecule has 0 aliphatic rings. The number of anilines is 3. The number of carbonyl (C=O) groups is 1. The Morgan fingerprint density at radius 2 is 1.75 bits per heavy atom. The molecular weight excluding hydrogens is 306 g/mol. The van der Waals surface area contributed by atoms with Gasteiger partial charge in [-0.2, -0.15) is 9.97 Å². The third-order valence-electron chi connectivity index (χ3n) is 3.11. The summed E-state index contributed by atoms with van der Waals surface area (Å²) < 4.78 is 0. The van der Waals surface area contributed by atoms with Crippen LogP contribution in [0.4, 0.5) is 17.6 Å². The monoisotopic (exact) mass is 323 g/mol. The van der Waals surface area contributed by atoms with Crippen molar-refractivity contribution in [3.63, 3.8) is 0 Å². The molecule has 0 saturated heterocycles. The summed E-state index contributed by atoms with van der Waals surface area (Å²) in [7, 11) is 0. The predicted molar refractivity (Wildman–Crippen MR) is 90.7 cm³/mol. The van der Waals surface area contributed by atoms with E-state index in [2.05, 4.69) is 35.6 Å². The molecule has 122 valence electrons. The first-order valence-electron chi connectivity index (χ1n) is 7.57. The van der Waals surface area contributed by atoms with E-state index < -0.39 is 0 Å². The maximum absolute atomic E-state index is 11.8. The van der Waals surface area contributed by atoms with Gasteiger partial charge in [0, 0.05) is 36.9 Å². The number of rotatable bonds is 5. The lowest BCUT2D eigenvalue weighted by molar-refractivity contribution is -0.116. The predicted octanol–water partition coefficient (Wildman–Crippen LogP) is 2.54. The molecule has 2 N–H and O–H groups in total. The van der Waals surface area contributed by atoms with E-state index >= 15 is 0 Å². The van der Waals surface area contributed by atoms with E-state index in [4.69, 9.17) is 0 Å². The number of aromatic nitrogens is 5. The topological polar surface area (TPSA) is 106 Å². The van der Waals surface area contributed by atoms with Crippen LogP contribution in [0.2, 0.25) is 0 Å². The Hall–Kier alpha value is -3.16. The summed E-state index contributed by atoms with van der Waals surface area (Å²) in [5, 5.41) is 6.45. The van der Waals surface area contributed by atoms with E-state index in [0.717, 1.165) is 5.69 Å². The second-order valence-corrected chi connectivity index (χ2v) is 5.67. The van der Waals surface area contributed by atoms with Crippen molar-refractivity contribution in [3.8, 4) is 0 Å². The van der Waals surface area contributed by atoms with Crippen molar-refractivity contribution in [1.82, 2.24) is 24.9 Å². The van der Waals surface area contributed by atoms with Gasteiger partial charge in [0.05, 0.1) is 5.39 Å². The molecule has 0 fully saturated rings. The van der Waals surface area contributed by atoms with E-state index in [0.29, 0.717) is 23.4 Å². The minimum atomic E-state index is -0.117. The number of hydrogen-bond acceptors (Lipinski definition) is 7. The number of pyridine rings is 1. The molecule has 8 nitrogen and oxygen atoms in total. The van der Waals surface area contributed by atoms with Crippen molar-refractivity contribution < 1.29 is 4.79 Å². The highest BCUT2D eigenvalue weighted by molar-refractivity contribution is 5.89. The zero-order valence-electron chi connectivity index (χ0n) is 13.4. The Morgan fingerprint density at radius 3 is 2.46 bits per heavy atom. The Morgan fingerprint density at radius 1 is 1.08 bits per heavy atom. The number of hydrogen-bond donors (Lipinski definition) is 2. The van der Waals surface area contributed by atoms with Gasteiger partial charge in [-0.1, -0.05) is 13.8 Å². The Labute approximate surface area is 138 Å². The highest BCUT2D eigenvalue weighted by Crippen LogP contribution is 2.15. The van der Waals surface area contributed by atoms with Crippen LogP contribution in [0.3, 0.4) is 0 Å². The van der Waals surface area contributed by atoms with Crippen molar-refractivity contribution in [2.24, 2.45) is 5.92 Å². The van der Waals surface area contributed by atoms with Crippen LogP contribution in [0.5, 0.6) is 0 Å². The standard InChI is InChI=1S/C16H17N7O/c1-10(2)7-13(24)21-16-19-9-11-8-18-15(22-14(11)23-16)20-12-3-5-17-6-4-12/h3-6,8-10H,7H2,1-2H3,(H2,17,18,19,20,21,22,23,24). The van der Waals surface area contributed by atoms with Crippen LogP contribution in [-0.4, -0.2) is 30.8 Å². The Bertz CT molecular complexity index is 851. The van der Waals surface area contributed by atoms with Gasteiger partial charge >= 0.3 is 0 Å². The average molecular weight is 323 g/mol. The summed E-state index contributed by atoms with van der Waals surface area (Å²) in [6, 6.07) is 3.62. The molecule has 8 heteroatoms. The largest absolute Gasteiger partial charge is 0.324 e. The van der Waals surface area contributed by atoms with Gasteiger partial charge in [0.15, 0.2) is 5.65 Å². The molecule has 3 aromatic rings. The molecular formula is C16H17N7O. The third kappa shape index (κ3) is 3.97. The van der Waals surface area contributed by atoms with Gasteiger partial charge in [0.1, 0.15) is 0 Å². The molecule has 3 rings (SSSR count).